The van der Waals surface area contributed by atoms with E-state index in [0.717, 1.165) is 19.3 Å². The number of nitrogens with zero attached hydrogens (tertiary/aromatic N) is 2. The van der Waals surface area contributed by atoms with Crippen LogP contribution in [0.25, 0.3) is 11.1 Å². The third kappa shape index (κ3) is 3.78. The van der Waals surface area contributed by atoms with Gasteiger partial charge in [-0.1, -0.05) is 25.8 Å². The van der Waals surface area contributed by atoms with Gasteiger partial charge in [-0.05, 0) is 24.1 Å². The van der Waals surface area contributed by atoms with Gasteiger partial charge in [-0.2, -0.15) is 10.5 Å². The predicted molar refractivity (Wildman–Crippen MR) is 91.3 cm³/mol. The number of anilines is 1. The number of nitrogens with two attached hydrogens (primary N) is 1. The number of hydrogen-bond donors (Lipinski definition) is 2. The molecule has 0 amide bonds. The summed E-state index contributed by atoms with van der Waals surface area (Å²) in [5.41, 5.74) is 5.07. The largest absolute Gasteiger partial charge is 0.490 e. The minimum atomic E-state index is -0.705. The molecule has 7 heteroatoms. The average Bonchev–Trinajstić information content (AvgIpc) is 2.59. The predicted octanol–water partition coefficient (Wildman–Crippen LogP) is 3.08. The number of nitriles is 2. The van der Waals surface area contributed by atoms with Gasteiger partial charge >= 0.3 is 0 Å². The molecule has 0 unspecified atom stereocenters. The molecule has 0 aliphatic carbocycles. The van der Waals surface area contributed by atoms with Crippen LogP contribution in [0.2, 0.25) is 0 Å². The third-order valence-electron chi connectivity index (χ3n) is 3.69. The van der Waals surface area contributed by atoms with Crippen molar-refractivity contribution in [3.63, 3.8) is 0 Å². The van der Waals surface area contributed by atoms with Crippen LogP contribution < -0.4 is 16.0 Å². The number of ether oxygens (including phenoxy) is 1. The van der Waals surface area contributed by atoms with E-state index in [2.05, 4.69) is 4.98 Å². The van der Waals surface area contributed by atoms with Gasteiger partial charge in [0.1, 0.15) is 29.1 Å². The number of aromatic nitrogens is 1. The topological polar surface area (TPSA) is 116 Å². The highest BCUT2D eigenvalue weighted by Gasteiger charge is 2.19. The van der Waals surface area contributed by atoms with Gasteiger partial charge in [-0.25, -0.2) is 4.39 Å². The first-order chi connectivity index (χ1) is 12.0. The van der Waals surface area contributed by atoms with Crippen LogP contribution in [0.15, 0.2) is 23.0 Å². The molecule has 25 heavy (non-hydrogen) atoms. The van der Waals surface area contributed by atoms with Crippen molar-refractivity contribution >= 4 is 5.82 Å². The fourth-order valence-corrected chi connectivity index (χ4v) is 2.44. The van der Waals surface area contributed by atoms with Crippen LogP contribution in [0, 0.1) is 28.5 Å². The number of H-pyrrole nitrogens is 1. The van der Waals surface area contributed by atoms with Crippen LogP contribution in [0.4, 0.5) is 10.2 Å². The number of rotatable bonds is 6. The maximum atomic E-state index is 14.0. The van der Waals surface area contributed by atoms with Crippen LogP contribution in [-0.2, 0) is 0 Å². The highest BCUT2D eigenvalue weighted by Crippen LogP contribution is 2.31. The zero-order valence-corrected chi connectivity index (χ0v) is 13.7. The van der Waals surface area contributed by atoms with E-state index < -0.39 is 11.4 Å². The molecule has 0 aliphatic rings. The molecule has 0 atom stereocenters. The van der Waals surface area contributed by atoms with Crippen LogP contribution in [0.3, 0.4) is 0 Å². The lowest BCUT2D eigenvalue weighted by Gasteiger charge is -2.12. The summed E-state index contributed by atoms with van der Waals surface area (Å²) in [6.45, 7) is 2.40. The van der Waals surface area contributed by atoms with Gasteiger partial charge < -0.3 is 15.5 Å². The molecule has 2 rings (SSSR count). The second-order valence-corrected chi connectivity index (χ2v) is 5.42. The maximum absolute atomic E-state index is 14.0. The Hall–Kier alpha value is -3.32. The Labute approximate surface area is 144 Å². The highest BCUT2D eigenvalue weighted by atomic mass is 19.1. The second kappa shape index (κ2) is 7.98. The zero-order chi connectivity index (χ0) is 18.4. The molecule has 0 radical (unpaired) electrons. The summed E-state index contributed by atoms with van der Waals surface area (Å²) in [5, 5.41) is 18.6. The minimum absolute atomic E-state index is 0.000218. The standard InChI is InChI=1S/C18H17FN4O2/c1-2-3-4-7-25-15-8-11(5-6-14(15)19)16-12(9-20)17(22)23-18(24)13(16)10-21/h5-6,8H,2-4,7H2,1H3,(H3,22,23,24). The Morgan fingerprint density at radius 1 is 1.24 bits per heavy atom. The van der Waals surface area contributed by atoms with Crippen molar-refractivity contribution < 1.29 is 9.13 Å². The Morgan fingerprint density at radius 3 is 2.60 bits per heavy atom. The van der Waals surface area contributed by atoms with Crippen molar-refractivity contribution in [1.82, 2.24) is 4.98 Å². The number of pyridine rings is 1. The van der Waals surface area contributed by atoms with Crippen molar-refractivity contribution in [2.45, 2.75) is 26.2 Å². The number of hydrogen-bond acceptors (Lipinski definition) is 5. The molecule has 0 fully saturated rings. The highest BCUT2D eigenvalue weighted by molar-refractivity contribution is 5.80. The number of halogens is 1. The first kappa shape index (κ1) is 18.0. The normalized spacial score (nSPS) is 10.1. The summed E-state index contributed by atoms with van der Waals surface area (Å²) in [7, 11) is 0. The van der Waals surface area contributed by atoms with Crippen LogP contribution in [0.5, 0.6) is 5.75 Å². The van der Waals surface area contributed by atoms with Crippen LogP contribution >= 0.6 is 0 Å². The number of nitrogens with one attached hydrogen (secondary N) is 1. The average molecular weight is 340 g/mol. The lowest BCUT2D eigenvalue weighted by molar-refractivity contribution is 0.291. The molecular formula is C18H17FN4O2. The molecule has 0 spiro atoms. The summed E-state index contributed by atoms with van der Waals surface area (Å²) < 4.78 is 19.4. The minimum Gasteiger partial charge on any atom is -0.490 e. The van der Waals surface area contributed by atoms with Crippen molar-refractivity contribution in [3.05, 3.63) is 45.5 Å². The van der Waals surface area contributed by atoms with Crippen molar-refractivity contribution in [2.24, 2.45) is 0 Å². The fourth-order valence-electron chi connectivity index (χ4n) is 2.44. The van der Waals surface area contributed by atoms with Gasteiger partial charge in [0.2, 0.25) is 0 Å². The van der Waals surface area contributed by atoms with E-state index in [9.17, 15) is 19.7 Å². The molecule has 1 aromatic heterocycles. The monoisotopic (exact) mass is 340 g/mol. The molecule has 0 aliphatic heterocycles. The first-order valence-electron chi connectivity index (χ1n) is 7.82. The Morgan fingerprint density at radius 2 is 1.96 bits per heavy atom. The van der Waals surface area contributed by atoms with E-state index in [4.69, 9.17) is 10.5 Å². The Bertz CT molecular complexity index is 922. The maximum Gasteiger partial charge on any atom is 0.268 e. The van der Waals surface area contributed by atoms with E-state index >= 15 is 0 Å². The summed E-state index contributed by atoms with van der Waals surface area (Å²) in [5.74, 6) is -0.702. The number of nitrogen functional groups attached to an aromatic ring is 1. The van der Waals surface area contributed by atoms with Gasteiger partial charge in [0.25, 0.3) is 5.56 Å². The van der Waals surface area contributed by atoms with Gasteiger partial charge in [0.05, 0.1) is 6.61 Å². The summed E-state index contributed by atoms with van der Waals surface area (Å²) in [4.78, 5) is 14.2. The van der Waals surface area contributed by atoms with Gasteiger partial charge in [0.15, 0.2) is 11.6 Å². The van der Waals surface area contributed by atoms with E-state index in [0.29, 0.717) is 12.2 Å². The van der Waals surface area contributed by atoms with Gasteiger partial charge in [-0.15, -0.1) is 0 Å². The third-order valence-corrected chi connectivity index (χ3v) is 3.69. The zero-order valence-electron chi connectivity index (χ0n) is 13.7. The van der Waals surface area contributed by atoms with Crippen molar-refractivity contribution in [2.75, 3.05) is 12.3 Å². The molecule has 1 aromatic carbocycles. The van der Waals surface area contributed by atoms with Crippen molar-refractivity contribution in [3.8, 4) is 29.0 Å². The molecular weight excluding hydrogens is 323 g/mol. The number of aromatic amines is 1. The van der Waals surface area contributed by atoms with E-state index in [-0.39, 0.29) is 28.3 Å². The number of unbranched alkanes of at least 4 members (excludes halogenated alkanes) is 2. The first-order valence-corrected chi connectivity index (χ1v) is 7.82. The number of benzene rings is 1. The smallest absolute Gasteiger partial charge is 0.268 e. The lowest BCUT2D eigenvalue weighted by Crippen LogP contribution is -2.16. The molecule has 0 saturated heterocycles. The fraction of sp³-hybridized carbons (Fsp3) is 0.278. The van der Waals surface area contributed by atoms with Gasteiger partial charge in [-0.3, -0.25) is 4.79 Å². The van der Waals surface area contributed by atoms with Crippen LogP contribution in [0.1, 0.15) is 37.3 Å². The molecule has 0 saturated carbocycles. The quantitative estimate of drug-likeness (QED) is 0.784. The van der Waals surface area contributed by atoms with E-state index in [1.165, 1.54) is 18.2 Å². The molecule has 128 valence electrons. The SMILES string of the molecule is CCCCCOc1cc(-c2c(C#N)c(N)[nH]c(=O)c2C#N)ccc1F. The lowest BCUT2D eigenvalue weighted by atomic mass is 9.96. The molecule has 1 heterocycles. The summed E-state index contributed by atoms with van der Waals surface area (Å²) >= 11 is 0. The Kier molecular flexibility index (Phi) is 5.75. The van der Waals surface area contributed by atoms with E-state index in [1.54, 1.807) is 6.07 Å². The summed E-state index contributed by atoms with van der Waals surface area (Å²) in [6, 6.07) is 7.57. The Balaban J connectivity index is 2.55. The molecule has 0 bridgehead atoms. The van der Waals surface area contributed by atoms with E-state index in [1.807, 2.05) is 13.0 Å². The second-order valence-electron chi connectivity index (χ2n) is 5.42. The van der Waals surface area contributed by atoms with Gasteiger partial charge in [0, 0.05) is 5.56 Å². The van der Waals surface area contributed by atoms with Crippen LogP contribution in [-0.4, -0.2) is 11.6 Å². The molecule has 6 nitrogen and oxygen atoms in total. The summed E-state index contributed by atoms with van der Waals surface area (Å²) in [6.07, 6.45) is 2.75. The molecule has 2 aromatic rings. The molecule has 3 N–H and O–H groups in total. The van der Waals surface area contributed by atoms with Crippen molar-refractivity contribution in [1.29, 1.82) is 10.5 Å².